The van der Waals surface area contributed by atoms with E-state index in [0.29, 0.717) is 24.7 Å². The van der Waals surface area contributed by atoms with Gasteiger partial charge in [0.15, 0.2) is 0 Å². The molecule has 0 bridgehead atoms. The van der Waals surface area contributed by atoms with Gasteiger partial charge in [-0.1, -0.05) is 0 Å². The van der Waals surface area contributed by atoms with Crippen molar-refractivity contribution >= 4 is 11.5 Å². The lowest BCUT2D eigenvalue weighted by atomic mass is 10.1. The first-order valence-corrected chi connectivity index (χ1v) is 3.38. The fourth-order valence-electron chi connectivity index (χ4n) is 1.21. The third-order valence-electron chi connectivity index (χ3n) is 1.86. The van der Waals surface area contributed by atoms with Gasteiger partial charge in [0.1, 0.15) is 5.82 Å². The summed E-state index contributed by atoms with van der Waals surface area (Å²) in [4.78, 5) is 3.92. The quantitative estimate of drug-likeness (QED) is 0.558. The fourth-order valence-corrected chi connectivity index (χ4v) is 1.21. The average molecular weight is 151 g/mol. The first kappa shape index (κ1) is 6.42. The van der Waals surface area contributed by atoms with E-state index in [0.717, 1.165) is 11.1 Å². The van der Waals surface area contributed by atoms with Crippen LogP contribution in [0.2, 0.25) is 0 Å². The van der Waals surface area contributed by atoms with E-state index in [4.69, 9.17) is 16.2 Å². The van der Waals surface area contributed by atoms with Crippen LogP contribution in [0.5, 0.6) is 0 Å². The molecule has 1 aromatic rings. The molecule has 0 aromatic carbocycles. The number of fused-ring (bicyclic) bond motifs is 1. The van der Waals surface area contributed by atoms with Crippen LogP contribution in [0.15, 0.2) is 6.20 Å². The molecule has 0 saturated heterocycles. The highest BCUT2D eigenvalue weighted by Crippen LogP contribution is 2.27. The maximum absolute atomic E-state index is 5.64. The highest BCUT2D eigenvalue weighted by atomic mass is 16.5. The van der Waals surface area contributed by atoms with E-state index in [1.165, 1.54) is 0 Å². The van der Waals surface area contributed by atoms with Crippen LogP contribution in [-0.4, -0.2) is 4.98 Å². The Bertz CT molecular complexity index is 269. The van der Waals surface area contributed by atoms with Crippen LogP contribution in [0, 0.1) is 0 Å². The largest absolute Gasteiger partial charge is 0.397 e. The third-order valence-corrected chi connectivity index (χ3v) is 1.86. The molecular formula is C7H9N3O. The standard InChI is InChI=1S/C7H9N3O/c8-6-1-10-7(9)5-3-11-2-4(5)6/h1H,2-3,8H2,(H2,9,10). The Hall–Kier alpha value is -1.29. The summed E-state index contributed by atoms with van der Waals surface area (Å²) < 4.78 is 5.18. The number of nitrogens with zero attached hydrogens (tertiary/aromatic N) is 1. The zero-order valence-electron chi connectivity index (χ0n) is 6.00. The summed E-state index contributed by atoms with van der Waals surface area (Å²) in [5.41, 5.74) is 13.9. The molecule has 11 heavy (non-hydrogen) atoms. The van der Waals surface area contributed by atoms with Crippen LogP contribution in [-0.2, 0) is 18.0 Å². The molecule has 0 unspecified atom stereocenters. The minimum absolute atomic E-state index is 0.534. The molecule has 1 aromatic heterocycles. The molecule has 0 radical (unpaired) electrons. The van der Waals surface area contributed by atoms with E-state index in [2.05, 4.69) is 4.98 Å². The molecule has 2 heterocycles. The minimum Gasteiger partial charge on any atom is -0.397 e. The van der Waals surface area contributed by atoms with E-state index in [1.54, 1.807) is 6.20 Å². The van der Waals surface area contributed by atoms with Gasteiger partial charge in [-0.05, 0) is 0 Å². The lowest BCUT2D eigenvalue weighted by molar-refractivity contribution is 0.135. The Morgan fingerprint density at radius 2 is 2.00 bits per heavy atom. The molecule has 0 spiro atoms. The first-order chi connectivity index (χ1) is 5.29. The second-order valence-corrected chi connectivity index (χ2v) is 2.55. The van der Waals surface area contributed by atoms with Gasteiger partial charge in [-0.25, -0.2) is 4.98 Å². The number of hydrogen-bond acceptors (Lipinski definition) is 4. The second kappa shape index (κ2) is 2.10. The molecule has 4 nitrogen and oxygen atoms in total. The molecule has 0 atom stereocenters. The summed E-state index contributed by atoms with van der Waals surface area (Å²) in [6, 6.07) is 0. The Morgan fingerprint density at radius 3 is 2.73 bits per heavy atom. The van der Waals surface area contributed by atoms with Gasteiger partial charge in [0.05, 0.1) is 25.1 Å². The van der Waals surface area contributed by atoms with E-state index >= 15 is 0 Å². The van der Waals surface area contributed by atoms with Gasteiger partial charge in [0.25, 0.3) is 0 Å². The molecule has 4 N–H and O–H groups in total. The molecule has 1 aliphatic rings. The molecular weight excluding hydrogens is 142 g/mol. The Balaban J connectivity index is 2.64. The van der Waals surface area contributed by atoms with E-state index in [-0.39, 0.29) is 0 Å². The third kappa shape index (κ3) is 0.832. The highest BCUT2D eigenvalue weighted by Gasteiger charge is 2.17. The monoisotopic (exact) mass is 151 g/mol. The molecule has 0 saturated carbocycles. The summed E-state index contributed by atoms with van der Waals surface area (Å²) >= 11 is 0. The number of aromatic nitrogens is 1. The van der Waals surface area contributed by atoms with Gasteiger partial charge < -0.3 is 16.2 Å². The molecule has 2 rings (SSSR count). The molecule has 0 aliphatic carbocycles. The number of nitrogens with two attached hydrogens (primary N) is 2. The van der Waals surface area contributed by atoms with Crippen LogP contribution >= 0.6 is 0 Å². The number of ether oxygens (including phenoxy) is 1. The summed E-state index contributed by atoms with van der Waals surface area (Å²) in [5, 5.41) is 0. The lowest BCUT2D eigenvalue weighted by Crippen LogP contribution is -2.00. The molecule has 1 aliphatic heterocycles. The number of nitrogen functional groups attached to an aromatic ring is 2. The van der Waals surface area contributed by atoms with Crippen LogP contribution in [0.4, 0.5) is 11.5 Å². The van der Waals surface area contributed by atoms with Crippen molar-refractivity contribution in [1.29, 1.82) is 0 Å². The summed E-state index contributed by atoms with van der Waals surface area (Å²) in [6.07, 6.45) is 1.57. The van der Waals surface area contributed by atoms with Gasteiger partial charge >= 0.3 is 0 Å². The van der Waals surface area contributed by atoms with Crippen LogP contribution in [0.25, 0.3) is 0 Å². The van der Waals surface area contributed by atoms with Crippen molar-refractivity contribution in [2.45, 2.75) is 13.2 Å². The number of rotatable bonds is 0. The first-order valence-electron chi connectivity index (χ1n) is 3.38. The molecule has 58 valence electrons. The lowest BCUT2D eigenvalue weighted by Gasteiger charge is -2.02. The number of anilines is 2. The van der Waals surface area contributed by atoms with Gasteiger partial charge in [-0.2, -0.15) is 0 Å². The minimum atomic E-state index is 0.534. The average Bonchev–Trinajstić information content (AvgIpc) is 2.45. The van der Waals surface area contributed by atoms with Crippen LogP contribution in [0.1, 0.15) is 11.1 Å². The van der Waals surface area contributed by atoms with Crippen molar-refractivity contribution in [2.24, 2.45) is 0 Å². The molecule has 0 amide bonds. The topological polar surface area (TPSA) is 74.2 Å². The van der Waals surface area contributed by atoms with Gasteiger partial charge in [-0.3, -0.25) is 0 Å². The number of pyridine rings is 1. The normalized spacial score (nSPS) is 14.9. The van der Waals surface area contributed by atoms with Crippen LogP contribution < -0.4 is 11.5 Å². The van der Waals surface area contributed by atoms with Gasteiger partial charge in [0, 0.05) is 11.1 Å². The maximum atomic E-state index is 5.64. The predicted octanol–water partition coefficient (Wildman–Crippen LogP) is 0.276. The highest BCUT2D eigenvalue weighted by molar-refractivity contribution is 5.57. The van der Waals surface area contributed by atoms with Crippen molar-refractivity contribution < 1.29 is 4.74 Å². The van der Waals surface area contributed by atoms with Crippen molar-refractivity contribution in [3.8, 4) is 0 Å². The van der Waals surface area contributed by atoms with E-state index in [9.17, 15) is 0 Å². The fraction of sp³-hybridized carbons (Fsp3) is 0.286. The number of hydrogen-bond donors (Lipinski definition) is 2. The van der Waals surface area contributed by atoms with E-state index < -0.39 is 0 Å². The molecule has 4 heteroatoms. The van der Waals surface area contributed by atoms with Crippen molar-refractivity contribution in [2.75, 3.05) is 11.5 Å². The van der Waals surface area contributed by atoms with Crippen molar-refractivity contribution in [3.05, 3.63) is 17.3 Å². The zero-order valence-corrected chi connectivity index (χ0v) is 6.00. The Morgan fingerprint density at radius 1 is 1.27 bits per heavy atom. The summed E-state index contributed by atoms with van der Waals surface area (Å²) in [5.74, 6) is 0.534. The zero-order chi connectivity index (χ0) is 7.84. The van der Waals surface area contributed by atoms with Gasteiger partial charge in [-0.15, -0.1) is 0 Å². The predicted molar refractivity (Wildman–Crippen MR) is 41.6 cm³/mol. The Kier molecular flexibility index (Phi) is 1.22. The Labute approximate surface area is 64.2 Å². The van der Waals surface area contributed by atoms with E-state index in [1.807, 2.05) is 0 Å². The van der Waals surface area contributed by atoms with Crippen LogP contribution in [0.3, 0.4) is 0 Å². The second-order valence-electron chi connectivity index (χ2n) is 2.55. The van der Waals surface area contributed by atoms with Crippen molar-refractivity contribution in [1.82, 2.24) is 4.98 Å². The SMILES string of the molecule is Nc1cnc(N)c2c1COC2. The summed E-state index contributed by atoms with van der Waals surface area (Å²) in [7, 11) is 0. The van der Waals surface area contributed by atoms with Gasteiger partial charge in [0.2, 0.25) is 0 Å². The maximum Gasteiger partial charge on any atom is 0.129 e. The molecule has 0 fully saturated rings. The summed E-state index contributed by atoms with van der Waals surface area (Å²) in [6.45, 7) is 1.10. The smallest absolute Gasteiger partial charge is 0.129 e. The van der Waals surface area contributed by atoms with Crippen molar-refractivity contribution in [3.63, 3.8) is 0 Å².